The van der Waals surface area contributed by atoms with Crippen LogP contribution in [0.15, 0.2) is 0 Å². The van der Waals surface area contributed by atoms with Gasteiger partial charge < -0.3 is 9.47 Å². The van der Waals surface area contributed by atoms with Crippen molar-refractivity contribution in [1.29, 1.82) is 0 Å². The molecule has 1 fully saturated rings. The minimum atomic E-state index is -0.352. The quantitative estimate of drug-likeness (QED) is 0.628. The fourth-order valence-corrected chi connectivity index (χ4v) is 1.94. The third-order valence-electron chi connectivity index (χ3n) is 2.75. The van der Waals surface area contributed by atoms with E-state index >= 15 is 0 Å². The van der Waals surface area contributed by atoms with Crippen molar-refractivity contribution in [3.8, 4) is 0 Å². The summed E-state index contributed by atoms with van der Waals surface area (Å²) in [5, 5.41) is 0. The van der Waals surface area contributed by atoms with Crippen LogP contribution in [-0.4, -0.2) is 26.3 Å². The van der Waals surface area contributed by atoms with E-state index in [1.54, 1.807) is 14.2 Å². The average Bonchev–Trinajstić information content (AvgIpc) is 2.13. The first-order valence-electron chi connectivity index (χ1n) is 4.77. The van der Waals surface area contributed by atoms with Crippen LogP contribution in [-0.2, 0) is 14.3 Å². The summed E-state index contributed by atoms with van der Waals surface area (Å²) >= 11 is 0. The van der Waals surface area contributed by atoms with Gasteiger partial charge in [-0.2, -0.15) is 0 Å². The Morgan fingerprint density at radius 1 is 1.38 bits per heavy atom. The van der Waals surface area contributed by atoms with Gasteiger partial charge in [-0.25, -0.2) is 0 Å². The minimum Gasteiger partial charge on any atom is -0.355 e. The van der Waals surface area contributed by atoms with Gasteiger partial charge in [-0.15, -0.1) is 0 Å². The summed E-state index contributed by atoms with van der Waals surface area (Å²) in [4.78, 5) is 11.5. The van der Waals surface area contributed by atoms with Gasteiger partial charge in [-0.05, 0) is 18.8 Å². The molecule has 0 aromatic rings. The van der Waals surface area contributed by atoms with Crippen molar-refractivity contribution in [3.63, 3.8) is 0 Å². The number of methoxy groups -OCH3 is 2. The van der Waals surface area contributed by atoms with E-state index in [0.717, 1.165) is 12.8 Å². The van der Waals surface area contributed by atoms with E-state index in [1.807, 2.05) is 0 Å². The van der Waals surface area contributed by atoms with Crippen LogP contribution in [0.4, 0.5) is 0 Å². The number of ketones is 1. The lowest BCUT2D eigenvalue weighted by molar-refractivity contribution is -0.162. The van der Waals surface area contributed by atoms with Crippen molar-refractivity contribution in [1.82, 2.24) is 0 Å². The lowest BCUT2D eigenvalue weighted by atomic mass is 9.81. The average molecular weight is 186 g/mol. The van der Waals surface area contributed by atoms with E-state index in [1.165, 1.54) is 0 Å². The van der Waals surface area contributed by atoms with Crippen molar-refractivity contribution in [2.75, 3.05) is 14.2 Å². The summed E-state index contributed by atoms with van der Waals surface area (Å²) in [7, 11) is 3.17. The highest BCUT2D eigenvalue weighted by molar-refractivity contribution is 5.82. The second-order valence-corrected chi connectivity index (χ2v) is 3.79. The minimum absolute atomic E-state index is 0.0567. The summed E-state index contributed by atoms with van der Waals surface area (Å²) < 4.78 is 10.2. The Balaban J connectivity index is 2.58. The normalized spacial score (nSPS) is 29.7. The number of carbonyl (C=O) groups excluding carboxylic acids is 1. The molecule has 0 amide bonds. The first kappa shape index (κ1) is 10.7. The summed E-state index contributed by atoms with van der Waals surface area (Å²) in [6.07, 6.45) is 2.23. The van der Waals surface area contributed by atoms with Crippen LogP contribution in [0.25, 0.3) is 0 Å². The number of Topliss-reactive ketones (excluding diaryl/α,β-unsaturated/α-hetero) is 1. The molecule has 13 heavy (non-hydrogen) atoms. The van der Waals surface area contributed by atoms with Gasteiger partial charge in [0.05, 0.1) is 5.92 Å². The molecule has 0 bridgehead atoms. The monoisotopic (exact) mass is 186 g/mol. The molecule has 0 aromatic heterocycles. The molecule has 1 saturated carbocycles. The van der Waals surface area contributed by atoms with Gasteiger partial charge in [-0.1, -0.05) is 6.92 Å². The predicted molar refractivity (Wildman–Crippen MR) is 49.3 cm³/mol. The third-order valence-corrected chi connectivity index (χ3v) is 2.75. The highest BCUT2D eigenvalue weighted by Crippen LogP contribution is 2.29. The fraction of sp³-hybridized carbons (Fsp3) is 0.900. The molecule has 1 aliphatic carbocycles. The van der Waals surface area contributed by atoms with Crippen LogP contribution in [0.3, 0.4) is 0 Å². The van der Waals surface area contributed by atoms with E-state index in [-0.39, 0.29) is 18.0 Å². The van der Waals surface area contributed by atoms with Gasteiger partial charge in [0, 0.05) is 20.6 Å². The Labute approximate surface area is 79.4 Å². The summed E-state index contributed by atoms with van der Waals surface area (Å²) in [5.41, 5.74) is 0. The first-order valence-corrected chi connectivity index (χ1v) is 4.77. The smallest absolute Gasteiger partial charge is 0.166 e. The Kier molecular flexibility index (Phi) is 3.88. The second-order valence-electron chi connectivity index (χ2n) is 3.79. The van der Waals surface area contributed by atoms with E-state index in [9.17, 15) is 4.79 Å². The molecule has 1 rings (SSSR count). The third kappa shape index (κ3) is 2.51. The second kappa shape index (κ2) is 4.72. The molecule has 0 N–H and O–H groups in total. The van der Waals surface area contributed by atoms with Gasteiger partial charge in [0.1, 0.15) is 5.78 Å². The summed E-state index contributed by atoms with van der Waals surface area (Å²) in [6.45, 7) is 2.17. The maximum atomic E-state index is 11.5. The van der Waals surface area contributed by atoms with Crippen LogP contribution in [0.2, 0.25) is 0 Å². The molecule has 2 unspecified atom stereocenters. The van der Waals surface area contributed by atoms with Gasteiger partial charge in [0.15, 0.2) is 6.29 Å². The number of carbonyl (C=O) groups is 1. The lowest BCUT2D eigenvalue weighted by Gasteiger charge is -2.30. The zero-order valence-corrected chi connectivity index (χ0v) is 8.58. The summed E-state index contributed by atoms with van der Waals surface area (Å²) in [6, 6.07) is 0. The number of hydrogen-bond donors (Lipinski definition) is 0. The van der Waals surface area contributed by atoms with E-state index in [4.69, 9.17) is 9.47 Å². The van der Waals surface area contributed by atoms with Crippen LogP contribution >= 0.6 is 0 Å². The molecule has 3 nitrogen and oxygen atoms in total. The van der Waals surface area contributed by atoms with E-state index in [0.29, 0.717) is 12.3 Å². The lowest BCUT2D eigenvalue weighted by Crippen LogP contribution is -2.35. The number of rotatable bonds is 3. The molecule has 2 atom stereocenters. The molecule has 1 aliphatic rings. The highest BCUT2D eigenvalue weighted by atomic mass is 16.7. The molecule has 0 spiro atoms. The highest BCUT2D eigenvalue weighted by Gasteiger charge is 2.33. The van der Waals surface area contributed by atoms with E-state index in [2.05, 4.69) is 6.92 Å². The topological polar surface area (TPSA) is 35.5 Å². The Hall–Kier alpha value is -0.410. The van der Waals surface area contributed by atoms with Crippen LogP contribution in [0, 0.1) is 11.8 Å². The van der Waals surface area contributed by atoms with Crippen LogP contribution < -0.4 is 0 Å². The number of ether oxygens (including phenoxy) is 2. The zero-order chi connectivity index (χ0) is 9.84. The molecular weight excluding hydrogens is 168 g/mol. The molecule has 0 saturated heterocycles. The van der Waals surface area contributed by atoms with Gasteiger partial charge >= 0.3 is 0 Å². The van der Waals surface area contributed by atoms with Crippen molar-refractivity contribution >= 4 is 5.78 Å². The fourth-order valence-electron chi connectivity index (χ4n) is 1.94. The van der Waals surface area contributed by atoms with Crippen LogP contribution in [0.1, 0.15) is 26.2 Å². The Morgan fingerprint density at radius 3 is 2.54 bits per heavy atom. The molecular formula is C10H18O3. The number of hydrogen-bond acceptors (Lipinski definition) is 3. The SMILES string of the molecule is COC(OC)C1CC(C)CCC1=O. The molecule has 0 heterocycles. The Bertz CT molecular complexity index is 175. The maximum Gasteiger partial charge on any atom is 0.166 e. The molecule has 76 valence electrons. The van der Waals surface area contributed by atoms with Crippen molar-refractivity contribution in [2.24, 2.45) is 11.8 Å². The van der Waals surface area contributed by atoms with Crippen LogP contribution in [0.5, 0.6) is 0 Å². The molecule has 3 heteroatoms. The standard InChI is InChI=1S/C10H18O3/c1-7-4-5-9(11)8(6-7)10(12-2)13-3/h7-8,10H,4-6H2,1-3H3. The molecule has 0 radical (unpaired) electrons. The van der Waals surface area contributed by atoms with Crippen molar-refractivity contribution < 1.29 is 14.3 Å². The van der Waals surface area contributed by atoms with Gasteiger partial charge in [0.25, 0.3) is 0 Å². The molecule has 0 aromatic carbocycles. The Morgan fingerprint density at radius 2 is 2.00 bits per heavy atom. The first-order chi connectivity index (χ1) is 6.19. The summed E-state index contributed by atoms with van der Waals surface area (Å²) in [5.74, 6) is 0.834. The molecule has 0 aliphatic heterocycles. The van der Waals surface area contributed by atoms with Gasteiger partial charge in [0.2, 0.25) is 0 Å². The van der Waals surface area contributed by atoms with E-state index < -0.39 is 0 Å². The predicted octanol–water partition coefficient (Wildman–Crippen LogP) is 1.61. The van der Waals surface area contributed by atoms with Crippen molar-refractivity contribution in [2.45, 2.75) is 32.5 Å². The van der Waals surface area contributed by atoms with Gasteiger partial charge in [-0.3, -0.25) is 4.79 Å². The maximum absolute atomic E-state index is 11.5. The zero-order valence-electron chi connectivity index (χ0n) is 8.58. The van der Waals surface area contributed by atoms with Crippen molar-refractivity contribution in [3.05, 3.63) is 0 Å². The largest absolute Gasteiger partial charge is 0.355 e.